The average Bonchev–Trinajstić information content (AvgIpc) is 3.01. The fourth-order valence-electron chi connectivity index (χ4n) is 4.22. The lowest BCUT2D eigenvalue weighted by Crippen LogP contribution is -2.47. The number of rotatable bonds is 12. The Kier molecular flexibility index (Phi) is 11.0. The fraction of sp³-hybridized carbons (Fsp3) is 0.152. The number of carbonyl (C=O) groups is 4. The Bertz CT molecular complexity index is 1530. The normalized spacial score (nSPS) is 12.2. The van der Waals surface area contributed by atoms with Gasteiger partial charge in [0.2, 0.25) is 16.1 Å². The highest BCUT2D eigenvalue weighted by Crippen LogP contribution is 2.25. The van der Waals surface area contributed by atoms with Crippen molar-refractivity contribution in [1.29, 1.82) is 0 Å². The summed E-state index contributed by atoms with van der Waals surface area (Å²) in [6, 6.07) is 30.0. The number of carboxylic acid groups (broad SMARTS) is 1. The molecule has 0 saturated heterocycles. The largest absolute Gasteiger partial charge is 0.508 e. The minimum Gasteiger partial charge on any atom is -0.508 e. The van der Waals surface area contributed by atoms with Gasteiger partial charge in [-0.3, -0.25) is 14.4 Å². The molecule has 0 bridgehead atoms. The van der Waals surface area contributed by atoms with E-state index in [9.17, 15) is 29.4 Å². The van der Waals surface area contributed by atoms with E-state index in [1.807, 2.05) is 30.3 Å². The van der Waals surface area contributed by atoms with Crippen LogP contribution in [0.5, 0.6) is 5.75 Å². The Balaban J connectivity index is 1.52. The molecular formula is C33H29NO6S2. The van der Waals surface area contributed by atoms with E-state index in [4.69, 9.17) is 0 Å². The van der Waals surface area contributed by atoms with Gasteiger partial charge in [0.05, 0.1) is 0 Å². The number of hydrogen-bond donors (Lipinski definition) is 3. The molecule has 0 aliphatic rings. The standard InChI is InChI=1S/C33H29NO6S2/c35-27-17-16-25(26(19-27)18-22-10-4-1-5-11-22)20-28(31(37)38)34-30(36)29(42-33(40)24-14-8-3-9-15-24)21-41-32(39)23-12-6-2-7-13-23/h1-17,19,28-29,35H,18,20-21H2,(H,34,36)(H,37,38)/t28-,29?/m0/s1. The van der Waals surface area contributed by atoms with Gasteiger partial charge in [0.1, 0.15) is 17.0 Å². The Morgan fingerprint density at radius 2 is 1.29 bits per heavy atom. The van der Waals surface area contributed by atoms with Crippen LogP contribution < -0.4 is 5.32 Å². The van der Waals surface area contributed by atoms with Crippen LogP contribution in [0.4, 0.5) is 0 Å². The lowest BCUT2D eigenvalue weighted by Gasteiger charge is -2.21. The van der Waals surface area contributed by atoms with Crippen LogP contribution in [0, 0.1) is 0 Å². The molecule has 3 N–H and O–H groups in total. The predicted octanol–water partition coefficient (Wildman–Crippen LogP) is 5.61. The van der Waals surface area contributed by atoms with Crippen LogP contribution in [0.15, 0.2) is 109 Å². The molecule has 0 heterocycles. The number of hydrogen-bond acceptors (Lipinski definition) is 7. The predicted molar refractivity (Wildman–Crippen MR) is 166 cm³/mol. The van der Waals surface area contributed by atoms with Gasteiger partial charge in [-0.15, -0.1) is 0 Å². The highest BCUT2D eigenvalue weighted by atomic mass is 32.2. The molecule has 1 amide bonds. The third kappa shape index (κ3) is 8.83. The summed E-state index contributed by atoms with van der Waals surface area (Å²) >= 11 is 1.66. The van der Waals surface area contributed by atoms with Gasteiger partial charge >= 0.3 is 5.97 Å². The van der Waals surface area contributed by atoms with Gasteiger partial charge in [0.15, 0.2) is 0 Å². The molecular weight excluding hydrogens is 570 g/mol. The summed E-state index contributed by atoms with van der Waals surface area (Å²) in [4.78, 5) is 51.5. The van der Waals surface area contributed by atoms with Gasteiger partial charge < -0.3 is 15.5 Å². The van der Waals surface area contributed by atoms with E-state index >= 15 is 0 Å². The van der Waals surface area contributed by atoms with Crippen molar-refractivity contribution in [1.82, 2.24) is 5.32 Å². The molecule has 0 spiro atoms. The number of thioether (sulfide) groups is 2. The molecule has 4 aromatic carbocycles. The van der Waals surface area contributed by atoms with Crippen LogP contribution in [0.3, 0.4) is 0 Å². The van der Waals surface area contributed by atoms with E-state index in [1.54, 1.807) is 72.8 Å². The van der Waals surface area contributed by atoms with Crippen molar-refractivity contribution in [2.45, 2.75) is 24.1 Å². The molecule has 0 aliphatic heterocycles. The van der Waals surface area contributed by atoms with Crippen LogP contribution >= 0.6 is 23.5 Å². The number of phenols is 1. The summed E-state index contributed by atoms with van der Waals surface area (Å²) in [5, 5.41) is 21.1. The van der Waals surface area contributed by atoms with Gasteiger partial charge in [-0.25, -0.2) is 4.79 Å². The summed E-state index contributed by atoms with van der Waals surface area (Å²) in [6.45, 7) is 0. The Morgan fingerprint density at radius 3 is 1.88 bits per heavy atom. The van der Waals surface area contributed by atoms with Crippen LogP contribution in [-0.4, -0.2) is 49.4 Å². The van der Waals surface area contributed by atoms with Crippen molar-refractivity contribution >= 4 is 45.6 Å². The second kappa shape index (κ2) is 15.0. The van der Waals surface area contributed by atoms with E-state index < -0.39 is 23.2 Å². The third-order valence-electron chi connectivity index (χ3n) is 6.39. The SMILES string of the molecule is O=C(SCC(SC(=O)c1ccccc1)C(=O)N[C@@H](Cc1ccc(O)cc1Cc1ccccc1)C(=O)O)c1ccccc1. The Morgan fingerprint density at radius 1 is 0.714 bits per heavy atom. The summed E-state index contributed by atoms with van der Waals surface area (Å²) in [5.41, 5.74) is 3.22. The zero-order valence-electron chi connectivity index (χ0n) is 22.5. The Hall–Kier alpha value is -4.34. The van der Waals surface area contributed by atoms with E-state index in [1.165, 1.54) is 6.07 Å². The van der Waals surface area contributed by atoms with Crippen molar-refractivity contribution in [3.63, 3.8) is 0 Å². The van der Waals surface area contributed by atoms with Gasteiger partial charge in [-0.05, 0) is 35.2 Å². The Labute approximate surface area is 252 Å². The van der Waals surface area contributed by atoms with Crippen molar-refractivity contribution in [3.05, 3.63) is 137 Å². The first-order chi connectivity index (χ1) is 20.3. The van der Waals surface area contributed by atoms with Gasteiger partial charge in [0.25, 0.3) is 0 Å². The van der Waals surface area contributed by atoms with Crippen LogP contribution in [0.2, 0.25) is 0 Å². The molecule has 9 heteroatoms. The highest BCUT2D eigenvalue weighted by molar-refractivity contribution is 8.18. The van der Waals surface area contributed by atoms with Crippen LogP contribution in [-0.2, 0) is 22.4 Å². The van der Waals surface area contributed by atoms with Crippen molar-refractivity contribution in [2.75, 3.05) is 5.75 Å². The number of carboxylic acids is 1. The van der Waals surface area contributed by atoms with Gasteiger partial charge in [-0.1, -0.05) is 121 Å². The lowest BCUT2D eigenvalue weighted by molar-refractivity contribution is -0.141. The maximum absolute atomic E-state index is 13.5. The number of aromatic hydroxyl groups is 1. The van der Waals surface area contributed by atoms with Gasteiger partial charge in [-0.2, -0.15) is 0 Å². The monoisotopic (exact) mass is 599 g/mol. The molecule has 42 heavy (non-hydrogen) atoms. The first-order valence-electron chi connectivity index (χ1n) is 13.2. The molecule has 4 aromatic rings. The molecule has 4 rings (SSSR count). The molecule has 0 fully saturated rings. The number of carbonyl (C=O) groups excluding carboxylic acids is 3. The molecule has 2 atom stereocenters. The highest BCUT2D eigenvalue weighted by Gasteiger charge is 2.29. The van der Waals surface area contributed by atoms with E-state index in [-0.39, 0.29) is 28.2 Å². The first-order valence-corrected chi connectivity index (χ1v) is 15.0. The number of benzene rings is 4. The van der Waals surface area contributed by atoms with Crippen molar-refractivity contribution in [3.8, 4) is 5.75 Å². The number of phenolic OH excluding ortho intramolecular Hbond substituents is 1. The zero-order valence-corrected chi connectivity index (χ0v) is 24.1. The second-order valence-electron chi connectivity index (χ2n) is 9.44. The molecule has 0 radical (unpaired) electrons. The van der Waals surface area contributed by atoms with Crippen LogP contribution in [0.1, 0.15) is 37.4 Å². The first kappa shape index (κ1) is 30.6. The molecule has 0 aromatic heterocycles. The number of nitrogens with one attached hydrogen (secondary N) is 1. The second-order valence-corrected chi connectivity index (χ2v) is 11.6. The summed E-state index contributed by atoms with van der Waals surface area (Å²) in [5.74, 6) is -1.88. The fourth-order valence-corrected chi connectivity index (χ4v) is 6.16. The summed E-state index contributed by atoms with van der Waals surface area (Å²) in [7, 11) is 0. The van der Waals surface area contributed by atoms with Crippen molar-refractivity contribution < 1.29 is 29.4 Å². The third-order valence-corrected chi connectivity index (χ3v) is 8.72. The molecule has 0 saturated carbocycles. The zero-order chi connectivity index (χ0) is 29.9. The van der Waals surface area contributed by atoms with E-state index in [0.29, 0.717) is 23.1 Å². The minimum atomic E-state index is -1.30. The average molecular weight is 600 g/mol. The lowest BCUT2D eigenvalue weighted by atomic mass is 9.95. The van der Waals surface area contributed by atoms with Gasteiger partial charge in [0, 0.05) is 23.3 Å². The number of amides is 1. The molecule has 0 aliphatic carbocycles. The smallest absolute Gasteiger partial charge is 0.326 e. The minimum absolute atomic E-state index is 0.0341. The summed E-state index contributed by atoms with van der Waals surface area (Å²) < 4.78 is 0. The van der Waals surface area contributed by atoms with E-state index in [2.05, 4.69) is 5.32 Å². The maximum atomic E-state index is 13.5. The van der Waals surface area contributed by atoms with Crippen LogP contribution in [0.25, 0.3) is 0 Å². The summed E-state index contributed by atoms with van der Waals surface area (Å²) in [6.07, 6.45) is 0.427. The quantitative estimate of drug-likeness (QED) is 0.192. The topological polar surface area (TPSA) is 121 Å². The number of aliphatic carboxylic acids is 1. The van der Waals surface area contributed by atoms with Crippen molar-refractivity contribution in [2.24, 2.45) is 0 Å². The molecule has 1 unspecified atom stereocenters. The molecule has 7 nitrogen and oxygen atoms in total. The van der Waals surface area contributed by atoms with E-state index in [0.717, 1.165) is 34.7 Å². The maximum Gasteiger partial charge on any atom is 0.326 e. The molecule has 214 valence electrons.